The molecule has 0 bridgehead atoms. The van der Waals surface area contributed by atoms with Crippen molar-refractivity contribution in [2.75, 3.05) is 5.32 Å². The summed E-state index contributed by atoms with van der Waals surface area (Å²) in [5, 5.41) is 6.42. The van der Waals surface area contributed by atoms with Gasteiger partial charge in [0, 0.05) is 5.69 Å². The van der Waals surface area contributed by atoms with Crippen LogP contribution in [0.25, 0.3) is 16.9 Å². The molecule has 4 aromatic rings. The van der Waals surface area contributed by atoms with Gasteiger partial charge >= 0.3 is 12.4 Å². The summed E-state index contributed by atoms with van der Waals surface area (Å²) in [6.07, 6.45) is -6.36. The first-order valence-corrected chi connectivity index (χ1v) is 8.44. The molecule has 3 heterocycles. The first kappa shape index (κ1) is 19.7. The molecule has 30 heavy (non-hydrogen) atoms. The van der Waals surface area contributed by atoms with Crippen molar-refractivity contribution in [3.8, 4) is 11.4 Å². The lowest BCUT2D eigenvalue weighted by atomic mass is 10.2. The number of hydrogen-bond donors (Lipinski definition) is 1. The molecule has 0 fully saturated rings. The zero-order valence-corrected chi connectivity index (χ0v) is 14.8. The molecule has 0 spiro atoms. The molecule has 5 nitrogen and oxygen atoms in total. The zero-order chi connectivity index (χ0) is 21.5. The molecule has 0 saturated carbocycles. The fourth-order valence-electron chi connectivity index (χ4n) is 2.79. The SMILES string of the molecule is FC(F)(F)c1ccc(Nc2cncc(-c3cccc4cc(C(F)(F)F)nn34)n2)cc1. The number of aromatic nitrogens is 4. The molecule has 1 N–H and O–H groups in total. The minimum Gasteiger partial charge on any atom is -0.339 e. The van der Waals surface area contributed by atoms with Crippen molar-refractivity contribution in [3.05, 3.63) is 72.2 Å². The maximum absolute atomic E-state index is 13.0. The van der Waals surface area contributed by atoms with Crippen LogP contribution >= 0.6 is 0 Å². The van der Waals surface area contributed by atoms with Crippen LogP contribution in [0, 0.1) is 0 Å². The average Bonchev–Trinajstić information content (AvgIpc) is 3.13. The molecule has 0 aliphatic rings. The van der Waals surface area contributed by atoms with Crippen molar-refractivity contribution in [3.63, 3.8) is 0 Å². The summed E-state index contributed by atoms with van der Waals surface area (Å²) in [7, 11) is 0. The Balaban J connectivity index is 1.66. The van der Waals surface area contributed by atoms with Gasteiger partial charge in [0.25, 0.3) is 0 Å². The molecule has 0 amide bonds. The Morgan fingerprint density at radius 1 is 0.833 bits per heavy atom. The van der Waals surface area contributed by atoms with Crippen molar-refractivity contribution < 1.29 is 26.3 Å². The molecule has 0 radical (unpaired) electrons. The Hall–Kier alpha value is -3.63. The number of benzene rings is 1. The van der Waals surface area contributed by atoms with Gasteiger partial charge in [0.1, 0.15) is 11.5 Å². The van der Waals surface area contributed by atoms with E-state index in [-0.39, 0.29) is 22.7 Å². The van der Waals surface area contributed by atoms with E-state index in [1.54, 1.807) is 6.07 Å². The minimum absolute atomic E-state index is 0.201. The number of nitrogens with zero attached hydrogens (tertiary/aromatic N) is 4. The number of alkyl halides is 6. The summed E-state index contributed by atoms with van der Waals surface area (Å²) < 4.78 is 78.1. The molecule has 0 saturated heterocycles. The van der Waals surface area contributed by atoms with E-state index in [0.717, 1.165) is 22.7 Å². The molecule has 1 aromatic carbocycles. The predicted octanol–water partition coefficient (Wildman–Crippen LogP) is 5.57. The van der Waals surface area contributed by atoms with E-state index in [1.807, 2.05) is 0 Å². The van der Waals surface area contributed by atoms with Crippen LogP contribution in [-0.4, -0.2) is 19.6 Å². The van der Waals surface area contributed by atoms with Crippen LogP contribution in [0.2, 0.25) is 0 Å². The van der Waals surface area contributed by atoms with Crippen molar-refractivity contribution in [1.82, 2.24) is 19.6 Å². The molecular weight excluding hydrogens is 412 g/mol. The molecule has 3 aromatic heterocycles. The van der Waals surface area contributed by atoms with Crippen LogP contribution in [0.4, 0.5) is 37.8 Å². The van der Waals surface area contributed by atoms with Gasteiger partial charge in [0.15, 0.2) is 5.69 Å². The maximum atomic E-state index is 13.0. The third-order valence-corrected chi connectivity index (χ3v) is 4.16. The van der Waals surface area contributed by atoms with Gasteiger partial charge in [-0.15, -0.1) is 0 Å². The highest BCUT2D eigenvalue weighted by Gasteiger charge is 2.34. The van der Waals surface area contributed by atoms with Crippen molar-refractivity contribution in [2.45, 2.75) is 12.4 Å². The van der Waals surface area contributed by atoms with E-state index >= 15 is 0 Å². The van der Waals surface area contributed by atoms with Gasteiger partial charge in [-0.3, -0.25) is 4.98 Å². The van der Waals surface area contributed by atoms with E-state index in [9.17, 15) is 26.3 Å². The van der Waals surface area contributed by atoms with Crippen LogP contribution in [0.1, 0.15) is 11.3 Å². The minimum atomic E-state index is -4.60. The highest BCUT2D eigenvalue weighted by Crippen LogP contribution is 2.31. The summed E-state index contributed by atoms with van der Waals surface area (Å²) in [6.45, 7) is 0. The van der Waals surface area contributed by atoms with E-state index in [1.165, 1.54) is 36.7 Å². The summed E-state index contributed by atoms with van der Waals surface area (Å²) in [6, 6.07) is 9.80. The van der Waals surface area contributed by atoms with Gasteiger partial charge in [-0.2, -0.15) is 31.4 Å². The van der Waals surface area contributed by atoms with E-state index in [0.29, 0.717) is 5.69 Å². The largest absolute Gasteiger partial charge is 0.435 e. The summed E-state index contributed by atoms with van der Waals surface area (Å²) >= 11 is 0. The van der Waals surface area contributed by atoms with Crippen LogP contribution in [0.15, 0.2) is 60.9 Å². The first-order chi connectivity index (χ1) is 14.1. The fourth-order valence-corrected chi connectivity index (χ4v) is 2.79. The Kier molecular flexibility index (Phi) is 4.60. The number of pyridine rings is 1. The Labute approximate surface area is 165 Å². The third-order valence-electron chi connectivity index (χ3n) is 4.16. The Morgan fingerprint density at radius 3 is 2.23 bits per heavy atom. The predicted molar refractivity (Wildman–Crippen MR) is 95.9 cm³/mol. The quantitative estimate of drug-likeness (QED) is 0.438. The number of nitrogens with one attached hydrogen (secondary N) is 1. The van der Waals surface area contributed by atoms with Gasteiger partial charge in [-0.25, -0.2) is 9.50 Å². The lowest BCUT2D eigenvalue weighted by Crippen LogP contribution is -2.06. The van der Waals surface area contributed by atoms with Gasteiger partial charge in [-0.05, 0) is 42.5 Å². The highest BCUT2D eigenvalue weighted by atomic mass is 19.4. The van der Waals surface area contributed by atoms with Crippen LogP contribution in [0.3, 0.4) is 0 Å². The van der Waals surface area contributed by atoms with Crippen molar-refractivity contribution >= 4 is 17.0 Å². The average molecular weight is 423 g/mol. The topological polar surface area (TPSA) is 55.1 Å². The molecule has 11 heteroatoms. The van der Waals surface area contributed by atoms with E-state index in [4.69, 9.17) is 0 Å². The van der Waals surface area contributed by atoms with Gasteiger partial charge in [-0.1, -0.05) is 6.07 Å². The molecule has 0 atom stereocenters. The highest BCUT2D eigenvalue weighted by molar-refractivity contribution is 5.64. The first-order valence-electron chi connectivity index (χ1n) is 8.44. The fraction of sp³-hybridized carbons (Fsp3) is 0.105. The molecule has 0 unspecified atom stereocenters. The lowest BCUT2D eigenvalue weighted by Gasteiger charge is -2.10. The second-order valence-electron chi connectivity index (χ2n) is 6.26. The van der Waals surface area contributed by atoms with Gasteiger partial charge in [0.2, 0.25) is 0 Å². The van der Waals surface area contributed by atoms with Crippen molar-refractivity contribution in [1.29, 1.82) is 0 Å². The van der Waals surface area contributed by atoms with Gasteiger partial charge in [0.05, 0.1) is 29.2 Å². The third kappa shape index (κ3) is 3.91. The monoisotopic (exact) mass is 423 g/mol. The molecule has 4 rings (SSSR count). The Morgan fingerprint density at radius 2 is 1.57 bits per heavy atom. The zero-order valence-electron chi connectivity index (χ0n) is 14.8. The molecule has 0 aliphatic carbocycles. The Bertz CT molecular complexity index is 1190. The number of hydrogen-bond acceptors (Lipinski definition) is 4. The van der Waals surface area contributed by atoms with Crippen molar-refractivity contribution in [2.24, 2.45) is 0 Å². The summed E-state index contributed by atoms with van der Waals surface area (Å²) in [5.74, 6) is 0.201. The number of fused-ring (bicyclic) bond motifs is 1. The lowest BCUT2D eigenvalue weighted by molar-refractivity contribution is -0.141. The molecule has 0 aliphatic heterocycles. The second kappa shape index (κ2) is 7.01. The summed E-state index contributed by atoms with van der Waals surface area (Å²) in [4.78, 5) is 8.30. The summed E-state index contributed by atoms with van der Waals surface area (Å²) in [5.41, 5.74) is -0.768. The number of rotatable bonds is 3. The van der Waals surface area contributed by atoms with Gasteiger partial charge < -0.3 is 5.32 Å². The van der Waals surface area contributed by atoms with E-state index < -0.39 is 23.6 Å². The number of anilines is 2. The molecule has 154 valence electrons. The smallest absolute Gasteiger partial charge is 0.339 e. The van der Waals surface area contributed by atoms with Crippen LogP contribution in [0.5, 0.6) is 0 Å². The van der Waals surface area contributed by atoms with E-state index in [2.05, 4.69) is 20.4 Å². The normalized spacial score (nSPS) is 12.3. The number of halogens is 6. The second-order valence-corrected chi connectivity index (χ2v) is 6.26. The van der Waals surface area contributed by atoms with Crippen LogP contribution in [-0.2, 0) is 12.4 Å². The van der Waals surface area contributed by atoms with Crippen LogP contribution < -0.4 is 5.32 Å². The maximum Gasteiger partial charge on any atom is 0.435 e. The molecular formula is C19H11F6N5. The standard InChI is InChI=1S/C19H11F6N5/c20-18(21,22)11-4-6-12(7-5-11)27-17-10-26-9-14(28-17)15-3-1-2-13-8-16(19(23,24)25)29-30(13)15/h1-10H,(H,27,28).